The van der Waals surface area contributed by atoms with Gasteiger partial charge in [0.2, 0.25) is 0 Å². The minimum atomic E-state index is 0.0262. The molecule has 32 heavy (non-hydrogen) atoms. The third-order valence-corrected chi connectivity index (χ3v) is 6.58. The van der Waals surface area contributed by atoms with Crippen LogP contribution in [0, 0.1) is 0 Å². The van der Waals surface area contributed by atoms with Gasteiger partial charge in [0.25, 0.3) is 0 Å². The highest BCUT2D eigenvalue weighted by Gasteiger charge is 2.21. The van der Waals surface area contributed by atoms with E-state index in [0.29, 0.717) is 0 Å². The summed E-state index contributed by atoms with van der Waals surface area (Å²) >= 11 is 0. The number of fused-ring (bicyclic) bond motifs is 5. The van der Waals surface area contributed by atoms with E-state index in [-0.39, 0.29) is 5.41 Å². The summed E-state index contributed by atoms with van der Waals surface area (Å²) in [4.78, 5) is 9.53. The number of nitrogens with zero attached hydrogens (tertiary/aromatic N) is 3. The Labute approximate surface area is 187 Å². The summed E-state index contributed by atoms with van der Waals surface area (Å²) in [5, 5.41) is 6.18. The second-order valence-corrected chi connectivity index (χ2v) is 9.69. The summed E-state index contributed by atoms with van der Waals surface area (Å²) in [6, 6.07) is 26.2. The van der Waals surface area contributed by atoms with Gasteiger partial charge < -0.3 is 4.57 Å². The standard InChI is InChI=1S/C29H25N3/c1-29(2,3)24-15-21(13-20-11-7-8-12-22(20)24)26-28-27(31-17-30-26)23-14-18-9-5-6-10-19(18)16-25(23)32(28)4/h5-17H,1-4H3. The molecule has 0 fully saturated rings. The van der Waals surface area contributed by atoms with Gasteiger partial charge in [0.15, 0.2) is 0 Å². The molecule has 0 bridgehead atoms. The Morgan fingerprint density at radius 3 is 2.16 bits per heavy atom. The van der Waals surface area contributed by atoms with Crippen molar-refractivity contribution in [2.75, 3.05) is 0 Å². The van der Waals surface area contributed by atoms with E-state index in [1.165, 1.54) is 38.0 Å². The van der Waals surface area contributed by atoms with Crippen molar-refractivity contribution in [3.8, 4) is 11.3 Å². The maximum Gasteiger partial charge on any atom is 0.116 e. The van der Waals surface area contributed by atoms with Gasteiger partial charge >= 0.3 is 0 Å². The lowest BCUT2D eigenvalue weighted by atomic mass is 9.82. The van der Waals surface area contributed by atoms with E-state index in [1.807, 2.05) is 0 Å². The van der Waals surface area contributed by atoms with Gasteiger partial charge in [-0.25, -0.2) is 9.97 Å². The SMILES string of the molecule is Cn1c2cc3ccccc3cc2c2ncnc(-c3cc(C(C)(C)C)c4ccccc4c3)c21. The third-order valence-electron chi connectivity index (χ3n) is 6.58. The lowest BCUT2D eigenvalue weighted by molar-refractivity contribution is 0.596. The van der Waals surface area contributed by atoms with E-state index in [0.717, 1.165) is 22.3 Å². The molecular weight excluding hydrogens is 390 g/mol. The molecule has 0 spiro atoms. The highest BCUT2D eigenvalue weighted by atomic mass is 15.0. The molecule has 2 heterocycles. The first-order valence-corrected chi connectivity index (χ1v) is 11.1. The molecule has 0 aliphatic carbocycles. The highest BCUT2D eigenvalue weighted by Crippen LogP contribution is 2.38. The zero-order chi connectivity index (χ0) is 22.0. The fourth-order valence-corrected chi connectivity index (χ4v) is 4.99. The van der Waals surface area contributed by atoms with Gasteiger partial charge in [-0.05, 0) is 56.8 Å². The Balaban J connectivity index is 1.72. The number of aryl methyl sites for hydroxylation is 1. The molecule has 0 N–H and O–H groups in total. The predicted molar refractivity (Wildman–Crippen MR) is 135 cm³/mol. The second-order valence-electron chi connectivity index (χ2n) is 9.69. The Morgan fingerprint density at radius 2 is 1.41 bits per heavy atom. The molecule has 3 nitrogen and oxygen atoms in total. The van der Waals surface area contributed by atoms with Crippen molar-refractivity contribution in [1.29, 1.82) is 0 Å². The van der Waals surface area contributed by atoms with Crippen LogP contribution in [0.4, 0.5) is 0 Å². The largest absolute Gasteiger partial charge is 0.340 e. The monoisotopic (exact) mass is 415 g/mol. The number of aromatic nitrogens is 3. The number of hydrogen-bond acceptors (Lipinski definition) is 2. The van der Waals surface area contributed by atoms with Crippen molar-refractivity contribution in [3.63, 3.8) is 0 Å². The number of hydrogen-bond donors (Lipinski definition) is 0. The van der Waals surface area contributed by atoms with Crippen LogP contribution in [-0.2, 0) is 12.5 Å². The molecule has 2 aromatic heterocycles. The van der Waals surface area contributed by atoms with E-state index in [9.17, 15) is 0 Å². The van der Waals surface area contributed by atoms with Crippen LogP contribution in [0.3, 0.4) is 0 Å². The Bertz CT molecular complexity index is 1670. The van der Waals surface area contributed by atoms with Crippen molar-refractivity contribution >= 4 is 43.5 Å². The molecule has 6 aromatic rings. The summed E-state index contributed by atoms with van der Waals surface area (Å²) in [6.45, 7) is 6.82. The van der Waals surface area contributed by atoms with Gasteiger partial charge in [0.05, 0.1) is 16.7 Å². The lowest BCUT2D eigenvalue weighted by Gasteiger charge is -2.23. The molecule has 156 valence electrons. The van der Waals surface area contributed by atoms with Crippen LogP contribution in [0.5, 0.6) is 0 Å². The van der Waals surface area contributed by atoms with Gasteiger partial charge in [-0.15, -0.1) is 0 Å². The first-order valence-electron chi connectivity index (χ1n) is 11.1. The molecule has 0 radical (unpaired) electrons. The topological polar surface area (TPSA) is 30.7 Å². The third kappa shape index (κ3) is 2.74. The first-order chi connectivity index (χ1) is 15.4. The van der Waals surface area contributed by atoms with E-state index in [1.54, 1.807) is 6.33 Å². The molecule has 0 atom stereocenters. The fraction of sp³-hybridized carbons (Fsp3) is 0.172. The Kier molecular flexibility index (Phi) is 3.94. The van der Waals surface area contributed by atoms with Gasteiger partial charge in [0.1, 0.15) is 11.8 Å². The van der Waals surface area contributed by atoms with E-state index in [4.69, 9.17) is 9.97 Å². The Hall–Kier alpha value is -3.72. The average Bonchev–Trinajstić information content (AvgIpc) is 3.07. The summed E-state index contributed by atoms with van der Waals surface area (Å²) in [5.74, 6) is 0. The Morgan fingerprint density at radius 1 is 0.719 bits per heavy atom. The summed E-state index contributed by atoms with van der Waals surface area (Å²) in [6.07, 6.45) is 1.71. The quantitative estimate of drug-likeness (QED) is 0.280. The molecule has 0 unspecified atom stereocenters. The number of benzene rings is 4. The molecule has 0 aliphatic heterocycles. The van der Waals surface area contributed by atoms with Crippen LogP contribution < -0.4 is 0 Å². The zero-order valence-electron chi connectivity index (χ0n) is 18.8. The average molecular weight is 416 g/mol. The minimum Gasteiger partial charge on any atom is -0.340 e. The van der Waals surface area contributed by atoms with Crippen LogP contribution >= 0.6 is 0 Å². The van der Waals surface area contributed by atoms with Crippen LogP contribution in [0.1, 0.15) is 26.3 Å². The van der Waals surface area contributed by atoms with Crippen LogP contribution in [0.2, 0.25) is 0 Å². The van der Waals surface area contributed by atoms with E-state index < -0.39 is 0 Å². The summed E-state index contributed by atoms with van der Waals surface area (Å²) < 4.78 is 2.25. The molecule has 0 amide bonds. The fourth-order valence-electron chi connectivity index (χ4n) is 4.99. The van der Waals surface area contributed by atoms with Crippen molar-refractivity contribution < 1.29 is 0 Å². The molecule has 0 saturated carbocycles. The molecular formula is C29H25N3. The smallest absolute Gasteiger partial charge is 0.116 e. The highest BCUT2D eigenvalue weighted by molar-refractivity contribution is 6.13. The van der Waals surface area contributed by atoms with Crippen molar-refractivity contribution in [1.82, 2.24) is 14.5 Å². The van der Waals surface area contributed by atoms with Gasteiger partial charge in [-0.2, -0.15) is 0 Å². The summed E-state index contributed by atoms with van der Waals surface area (Å²) in [7, 11) is 2.12. The molecule has 0 saturated heterocycles. The molecule has 0 aliphatic rings. The van der Waals surface area contributed by atoms with Crippen molar-refractivity contribution in [3.05, 3.63) is 84.7 Å². The lowest BCUT2D eigenvalue weighted by Crippen LogP contribution is -2.12. The van der Waals surface area contributed by atoms with Gasteiger partial charge in [-0.3, -0.25) is 0 Å². The second kappa shape index (κ2) is 6.64. The van der Waals surface area contributed by atoms with Crippen molar-refractivity contribution in [2.45, 2.75) is 26.2 Å². The molecule has 3 heteroatoms. The molecule has 4 aromatic carbocycles. The number of rotatable bonds is 1. The zero-order valence-corrected chi connectivity index (χ0v) is 18.8. The normalized spacial score (nSPS) is 12.4. The van der Waals surface area contributed by atoms with Crippen molar-refractivity contribution in [2.24, 2.45) is 7.05 Å². The van der Waals surface area contributed by atoms with Gasteiger partial charge in [0, 0.05) is 18.0 Å². The summed E-state index contributed by atoms with van der Waals surface area (Å²) in [5.41, 5.74) is 6.74. The van der Waals surface area contributed by atoms with E-state index in [2.05, 4.69) is 105 Å². The molecule has 6 rings (SSSR count). The maximum atomic E-state index is 4.80. The van der Waals surface area contributed by atoms with Crippen LogP contribution in [-0.4, -0.2) is 14.5 Å². The van der Waals surface area contributed by atoms with E-state index >= 15 is 0 Å². The minimum absolute atomic E-state index is 0.0262. The van der Waals surface area contributed by atoms with Gasteiger partial charge in [-0.1, -0.05) is 69.3 Å². The first kappa shape index (κ1) is 19.0. The van der Waals surface area contributed by atoms with Crippen LogP contribution in [0.15, 0.2) is 79.1 Å². The predicted octanol–water partition coefficient (Wildman–Crippen LogP) is 7.39. The maximum absolute atomic E-state index is 4.80. The van der Waals surface area contributed by atoms with Crippen LogP contribution in [0.25, 0.3) is 54.7 Å².